The van der Waals surface area contributed by atoms with Crippen molar-refractivity contribution in [2.45, 2.75) is 26.2 Å². The second-order valence-corrected chi connectivity index (χ2v) is 4.47. The first kappa shape index (κ1) is 11.4. The maximum Gasteiger partial charge on any atom is 0.235 e. The Morgan fingerprint density at radius 2 is 1.73 bits per heavy atom. The van der Waals surface area contributed by atoms with Crippen molar-refractivity contribution < 1.29 is 4.92 Å². The Hall–Kier alpha value is -1.64. The molecule has 1 rings (SSSR count). The molecule has 0 spiro atoms. The van der Waals surface area contributed by atoms with Crippen LogP contribution in [0.15, 0.2) is 30.5 Å². The van der Waals surface area contributed by atoms with Gasteiger partial charge >= 0.3 is 0 Å². The van der Waals surface area contributed by atoms with Gasteiger partial charge in [-0.2, -0.15) is 0 Å². The first-order valence-corrected chi connectivity index (χ1v) is 4.82. The number of nitrogens with zero attached hydrogens (tertiary/aromatic N) is 1. The molecule has 0 amide bonds. The van der Waals surface area contributed by atoms with Crippen molar-refractivity contribution >= 4 is 6.08 Å². The summed E-state index contributed by atoms with van der Waals surface area (Å²) in [6, 6.07) is 7.78. The molecule has 3 nitrogen and oxygen atoms in total. The van der Waals surface area contributed by atoms with Crippen LogP contribution in [0.2, 0.25) is 0 Å². The third kappa shape index (κ3) is 3.54. The highest BCUT2D eigenvalue weighted by atomic mass is 16.6. The maximum absolute atomic E-state index is 10.1. The van der Waals surface area contributed by atoms with Gasteiger partial charge in [-0.3, -0.25) is 10.1 Å². The van der Waals surface area contributed by atoms with E-state index in [4.69, 9.17) is 0 Å². The van der Waals surface area contributed by atoms with Gasteiger partial charge in [0.1, 0.15) is 0 Å². The summed E-state index contributed by atoms with van der Waals surface area (Å²) in [7, 11) is 0. The molecule has 0 heterocycles. The van der Waals surface area contributed by atoms with Gasteiger partial charge in [0, 0.05) is 6.08 Å². The van der Waals surface area contributed by atoms with Gasteiger partial charge in [-0.15, -0.1) is 0 Å². The highest BCUT2D eigenvalue weighted by Crippen LogP contribution is 2.22. The molecule has 0 aromatic heterocycles. The molecule has 1 aromatic carbocycles. The van der Waals surface area contributed by atoms with Gasteiger partial charge in [0.05, 0.1) is 4.92 Å². The first-order valence-electron chi connectivity index (χ1n) is 4.82. The number of hydrogen-bond acceptors (Lipinski definition) is 2. The molecule has 0 bridgehead atoms. The van der Waals surface area contributed by atoms with E-state index in [1.807, 2.05) is 24.3 Å². The fourth-order valence-electron chi connectivity index (χ4n) is 1.24. The monoisotopic (exact) mass is 205 g/mol. The lowest BCUT2D eigenvalue weighted by Gasteiger charge is -2.18. The van der Waals surface area contributed by atoms with E-state index in [0.717, 1.165) is 11.8 Å². The Morgan fingerprint density at radius 3 is 2.13 bits per heavy atom. The third-order valence-electron chi connectivity index (χ3n) is 2.17. The van der Waals surface area contributed by atoms with E-state index in [9.17, 15) is 10.1 Å². The van der Waals surface area contributed by atoms with E-state index >= 15 is 0 Å². The summed E-state index contributed by atoms with van der Waals surface area (Å²) in [5, 5.41) is 10.1. The molecule has 0 atom stereocenters. The van der Waals surface area contributed by atoms with Gasteiger partial charge < -0.3 is 0 Å². The average molecular weight is 205 g/mol. The summed E-state index contributed by atoms with van der Waals surface area (Å²) in [6.45, 7) is 6.40. The molecular weight excluding hydrogens is 190 g/mol. The standard InChI is InChI=1S/C12H15NO2/c1-12(2,3)11-6-4-10(5-7-11)8-9-13(14)15/h4-9H,1-3H3. The Balaban J connectivity index is 2.86. The number of benzene rings is 1. The van der Waals surface area contributed by atoms with Crippen LogP contribution < -0.4 is 0 Å². The smallest absolute Gasteiger partial charge is 0.235 e. The normalized spacial score (nSPS) is 11.9. The zero-order valence-electron chi connectivity index (χ0n) is 9.23. The highest BCUT2D eigenvalue weighted by molar-refractivity contribution is 5.49. The lowest BCUT2D eigenvalue weighted by atomic mass is 9.87. The molecule has 0 fully saturated rings. The Kier molecular flexibility index (Phi) is 3.24. The van der Waals surface area contributed by atoms with Crippen LogP contribution in [0.5, 0.6) is 0 Å². The van der Waals surface area contributed by atoms with Crippen molar-refractivity contribution in [1.29, 1.82) is 0 Å². The van der Waals surface area contributed by atoms with Crippen LogP contribution in [0.25, 0.3) is 6.08 Å². The molecule has 0 aliphatic carbocycles. The van der Waals surface area contributed by atoms with Crippen molar-refractivity contribution in [2.24, 2.45) is 0 Å². The van der Waals surface area contributed by atoms with Crippen LogP contribution in [-0.2, 0) is 5.41 Å². The molecule has 0 N–H and O–H groups in total. The van der Waals surface area contributed by atoms with E-state index in [1.165, 1.54) is 11.6 Å². The average Bonchev–Trinajstić information content (AvgIpc) is 2.14. The zero-order valence-corrected chi connectivity index (χ0v) is 9.23. The van der Waals surface area contributed by atoms with Gasteiger partial charge in [-0.25, -0.2) is 0 Å². The molecule has 0 unspecified atom stereocenters. The largest absolute Gasteiger partial charge is 0.259 e. The predicted octanol–water partition coefficient (Wildman–Crippen LogP) is 3.23. The van der Waals surface area contributed by atoms with Crippen molar-refractivity contribution in [2.75, 3.05) is 0 Å². The van der Waals surface area contributed by atoms with Gasteiger partial charge in [-0.05, 0) is 16.5 Å². The highest BCUT2D eigenvalue weighted by Gasteiger charge is 2.12. The van der Waals surface area contributed by atoms with E-state index in [-0.39, 0.29) is 5.41 Å². The lowest BCUT2D eigenvalue weighted by Crippen LogP contribution is -2.10. The molecule has 0 aliphatic rings. The molecule has 0 aliphatic heterocycles. The molecule has 0 radical (unpaired) electrons. The summed E-state index contributed by atoms with van der Waals surface area (Å²) >= 11 is 0. The van der Waals surface area contributed by atoms with Crippen molar-refractivity contribution in [1.82, 2.24) is 0 Å². The minimum Gasteiger partial charge on any atom is -0.259 e. The van der Waals surface area contributed by atoms with Crippen LogP contribution in [0.1, 0.15) is 31.9 Å². The van der Waals surface area contributed by atoms with Crippen LogP contribution in [0.4, 0.5) is 0 Å². The third-order valence-corrected chi connectivity index (χ3v) is 2.17. The summed E-state index contributed by atoms with van der Waals surface area (Å²) in [6.07, 6.45) is 2.44. The van der Waals surface area contributed by atoms with Gasteiger partial charge in [0.25, 0.3) is 0 Å². The van der Waals surface area contributed by atoms with Gasteiger partial charge in [0.15, 0.2) is 0 Å². The van der Waals surface area contributed by atoms with Crippen molar-refractivity contribution in [3.05, 3.63) is 51.7 Å². The van der Waals surface area contributed by atoms with E-state index < -0.39 is 4.92 Å². The van der Waals surface area contributed by atoms with E-state index in [0.29, 0.717) is 0 Å². The predicted molar refractivity (Wildman–Crippen MR) is 61.2 cm³/mol. The lowest BCUT2D eigenvalue weighted by molar-refractivity contribution is -0.400. The van der Waals surface area contributed by atoms with E-state index in [1.54, 1.807) is 0 Å². The quantitative estimate of drug-likeness (QED) is 0.549. The van der Waals surface area contributed by atoms with Crippen LogP contribution in [0.3, 0.4) is 0 Å². The minimum atomic E-state index is -0.461. The fourth-order valence-corrected chi connectivity index (χ4v) is 1.24. The fraction of sp³-hybridized carbons (Fsp3) is 0.333. The Morgan fingerprint density at radius 1 is 1.20 bits per heavy atom. The van der Waals surface area contributed by atoms with Gasteiger partial charge in [-0.1, -0.05) is 45.0 Å². The van der Waals surface area contributed by atoms with Crippen molar-refractivity contribution in [3.8, 4) is 0 Å². The molecule has 1 aromatic rings. The number of rotatable bonds is 2. The summed E-state index contributed by atoms with van der Waals surface area (Å²) < 4.78 is 0. The SMILES string of the molecule is CC(C)(C)c1ccc(C=C[N+](=O)[O-])cc1. The second kappa shape index (κ2) is 4.26. The summed E-state index contributed by atoms with van der Waals surface area (Å²) in [4.78, 5) is 9.66. The van der Waals surface area contributed by atoms with Crippen LogP contribution in [0, 0.1) is 10.1 Å². The molecular formula is C12H15NO2. The molecule has 3 heteroatoms. The molecule has 80 valence electrons. The minimum absolute atomic E-state index is 0.116. The Labute approximate surface area is 89.6 Å². The maximum atomic E-state index is 10.1. The molecule has 0 saturated heterocycles. The molecule has 15 heavy (non-hydrogen) atoms. The van der Waals surface area contributed by atoms with Crippen molar-refractivity contribution in [3.63, 3.8) is 0 Å². The number of hydrogen-bond donors (Lipinski definition) is 0. The number of nitro groups is 1. The summed E-state index contributed by atoms with van der Waals surface area (Å²) in [5.41, 5.74) is 2.19. The summed E-state index contributed by atoms with van der Waals surface area (Å²) in [5.74, 6) is 0. The zero-order chi connectivity index (χ0) is 11.5. The Bertz CT molecular complexity index is 372. The first-order chi connectivity index (χ1) is 6.89. The molecule has 0 saturated carbocycles. The van der Waals surface area contributed by atoms with Crippen LogP contribution in [-0.4, -0.2) is 4.92 Å². The van der Waals surface area contributed by atoms with Gasteiger partial charge in [0.2, 0.25) is 6.20 Å². The van der Waals surface area contributed by atoms with Crippen LogP contribution >= 0.6 is 0 Å². The second-order valence-electron chi connectivity index (χ2n) is 4.47. The van der Waals surface area contributed by atoms with E-state index in [2.05, 4.69) is 20.8 Å². The topological polar surface area (TPSA) is 43.1 Å².